The van der Waals surface area contributed by atoms with Crippen molar-refractivity contribution in [3.63, 3.8) is 0 Å². The van der Waals surface area contributed by atoms with Crippen LogP contribution in [0.4, 0.5) is 0 Å². The molecule has 0 aromatic heterocycles. The van der Waals surface area contributed by atoms with Gasteiger partial charge in [-0.2, -0.15) is 0 Å². The Balaban J connectivity index is 1.85. The van der Waals surface area contributed by atoms with E-state index in [4.69, 9.17) is 13.9 Å². The number of unbranched alkanes of at least 4 members (excludes halogenated alkanes) is 2. The highest BCUT2D eigenvalue weighted by Crippen LogP contribution is 2.41. The number of hydrogen-bond donors (Lipinski definition) is 0. The normalized spacial score (nSPS) is 19.9. The van der Waals surface area contributed by atoms with Crippen molar-refractivity contribution >= 4 is 14.1 Å². The third-order valence-corrected chi connectivity index (χ3v) is 12.7. The maximum Gasteiger partial charge on any atom is 0.192 e. The maximum atomic E-state index is 12.8. The summed E-state index contributed by atoms with van der Waals surface area (Å²) in [5.41, 5.74) is 1.81. The van der Waals surface area contributed by atoms with Gasteiger partial charge in [-0.3, -0.25) is 4.79 Å². The molecule has 40 heavy (non-hydrogen) atoms. The molecular formula is C35H54O4Si. The molecule has 5 heteroatoms. The number of ketones is 1. The van der Waals surface area contributed by atoms with Crippen molar-refractivity contribution < 1.29 is 18.7 Å². The van der Waals surface area contributed by atoms with Gasteiger partial charge in [-0.05, 0) is 86.9 Å². The van der Waals surface area contributed by atoms with Gasteiger partial charge in [-0.15, -0.1) is 0 Å². The van der Waals surface area contributed by atoms with Crippen LogP contribution in [0.5, 0.6) is 5.75 Å². The fraction of sp³-hybridized carbons (Fsp3) is 0.571. The van der Waals surface area contributed by atoms with Gasteiger partial charge < -0.3 is 13.9 Å². The first kappa shape index (κ1) is 34.0. The number of carbonyl (C=O) groups excluding carboxylic acids is 1. The van der Waals surface area contributed by atoms with E-state index < -0.39 is 8.32 Å². The monoisotopic (exact) mass is 566 g/mol. The molecule has 1 aliphatic rings. The van der Waals surface area contributed by atoms with E-state index >= 15 is 0 Å². The Bertz CT molecular complexity index is 1030. The number of carbonyl (C=O) groups is 1. The summed E-state index contributed by atoms with van der Waals surface area (Å²) >= 11 is 0. The molecule has 0 radical (unpaired) electrons. The molecule has 0 aliphatic heterocycles. The second-order valence-corrected chi connectivity index (χ2v) is 17.4. The predicted octanol–water partition coefficient (Wildman–Crippen LogP) is 9.54. The highest BCUT2D eigenvalue weighted by molar-refractivity contribution is 6.74. The third kappa shape index (κ3) is 11.0. The fourth-order valence-corrected chi connectivity index (χ4v) is 5.89. The Morgan fingerprint density at radius 1 is 1.00 bits per heavy atom. The summed E-state index contributed by atoms with van der Waals surface area (Å²) in [4.78, 5) is 12.8. The summed E-state index contributed by atoms with van der Waals surface area (Å²) in [6.07, 6.45) is 21.7. The summed E-state index contributed by atoms with van der Waals surface area (Å²) in [6.45, 7) is 17.2. The van der Waals surface area contributed by atoms with Crippen LogP contribution in [0.15, 0.2) is 72.4 Å². The molecule has 0 spiro atoms. The van der Waals surface area contributed by atoms with E-state index in [1.165, 1.54) is 0 Å². The Hall–Kier alpha value is -2.21. The molecule has 2 rings (SSSR count). The summed E-state index contributed by atoms with van der Waals surface area (Å²) in [5.74, 6) is 1.00. The lowest BCUT2D eigenvalue weighted by molar-refractivity contribution is -0.111. The van der Waals surface area contributed by atoms with Crippen LogP contribution < -0.4 is 4.74 Å². The van der Waals surface area contributed by atoms with E-state index in [1.54, 1.807) is 13.2 Å². The van der Waals surface area contributed by atoms with Gasteiger partial charge in [0, 0.05) is 17.6 Å². The highest BCUT2D eigenvalue weighted by Gasteiger charge is 2.39. The summed E-state index contributed by atoms with van der Waals surface area (Å²) in [6, 6.07) is 8.00. The Morgan fingerprint density at radius 3 is 2.38 bits per heavy atom. The van der Waals surface area contributed by atoms with Gasteiger partial charge in [0.15, 0.2) is 14.1 Å². The van der Waals surface area contributed by atoms with Crippen LogP contribution in [0, 0.1) is 5.41 Å². The first-order valence-electron chi connectivity index (χ1n) is 15.0. The first-order valence-corrected chi connectivity index (χ1v) is 18.0. The van der Waals surface area contributed by atoms with Crippen LogP contribution in [-0.2, 0) is 20.6 Å². The lowest BCUT2D eigenvalue weighted by atomic mass is 9.80. The van der Waals surface area contributed by atoms with Crippen molar-refractivity contribution in [2.45, 2.75) is 110 Å². The summed E-state index contributed by atoms with van der Waals surface area (Å²) < 4.78 is 17.8. The van der Waals surface area contributed by atoms with Gasteiger partial charge >= 0.3 is 0 Å². The molecule has 0 heterocycles. The molecule has 2 atom stereocenters. The Kier molecular flexibility index (Phi) is 13.8. The van der Waals surface area contributed by atoms with Gasteiger partial charge in [0.05, 0.1) is 19.8 Å². The largest absolute Gasteiger partial charge is 0.497 e. The number of benzene rings is 1. The third-order valence-electron chi connectivity index (χ3n) is 8.18. The predicted molar refractivity (Wildman–Crippen MR) is 171 cm³/mol. The fourth-order valence-electron chi connectivity index (χ4n) is 4.51. The molecule has 0 saturated heterocycles. The number of methoxy groups -OCH3 is 1. The number of hydrogen-bond acceptors (Lipinski definition) is 4. The van der Waals surface area contributed by atoms with Crippen LogP contribution in [0.3, 0.4) is 0 Å². The van der Waals surface area contributed by atoms with Crippen LogP contribution in [0.1, 0.15) is 85.1 Å². The van der Waals surface area contributed by atoms with Gasteiger partial charge in [-0.1, -0.05) is 83.2 Å². The maximum absolute atomic E-state index is 12.8. The Labute approximate surface area is 245 Å². The van der Waals surface area contributed by atoms with Crippen LogP contribution in [0.2, 0.25) is 18.1 Å². The van der Waals surface area contributed by atoms with E-state index in [0.29, 0.717) is 6.61 Å². The first-order chi connectivity index (χ1) is 18.9. The van der Waals surface area contributed by atoms with E-state index in [1.807, 2.05) is 24.3 Å². The van der Waals surface area contributed by atoms with Gasteiger partial charge in [0.25, 0.3) is 0 Å². The van der Waals surface area contributed by atoms with Crippen molar-refractivity contribution in [3.05, 3.63) is 77.9 Å². The lowest BCUT2D eigenvalue weighted by Crippen LogP contribution is -2.43. The number of rotatable bonds is 17. The molecule has 1 aliphatic carbocycles. The average Bonchev–Trinajstić information content (AvgIpc) is 3.19. The van der Waals surface area contributed by atoms with Gasteiger partial charge in [-0.25, -0.2) is 0 Å². The molecule has 0 saturated carbocycles. The minimum absolute atomic E-state index is 0.0938. The van der Waals surface area contributed by atoms with Crippen molar-refractivity contribution in [1.82, 2.24) is 0 Å². The summed E-state index contributed by atoms with van der Waals surface area (Å²) in [5, 5.41) is 0.152. The zero-order valence-corrected chi connectivity index (χ0v) is 27.4. The molecule has 1 aromatic carbocycles. The van der Waals surface area contributed by atoms with Crippen LogP contribution in [0.25, 0.3) is 0 Å². The van der Waals surface area contributed by atoms with Crippen molar-refractivity contribution in [2.24, 2.45) is 5.41 Å². The Morgan fingerprint density at radius 2 is 1.73 bits per heavy atom. The standard InChI is InChI=1S/C35H54O4Si/c1-9-10-14-17-31(39-40(7,8)34(2,3)4)22-23-32-33(36)24-26-35(32,5)25-15-12-11-13-16-27-38-28-29-18-20-30(37-6)21-19-29/h10,12,14-15,18-21,23-24,26,31H,9,11,13,16-17,22,25,27-28H2,1-8H3/b14-10-,15-12-,32-23-/t31-,35?/m0/s1. The lowest BCUT2D eigenvalue weighted by Gasteiger charge is -2.39. The molecule has 222 valence electrons. The zero-order chi connectivity index (χ0) is 29.7. The van der Waals surface area contributed by atoms with E-state index in [0.717, 1.165) is 68.4 Å². The van der Waals surface area contributed by atoms with Gasteiger partial charge in [0.2, 0.25) is 0 Å². The van der Waals surface area contributed by atoms with Crippen molar-refractivity contribution in [1.29, 1.82) is 0 Å². The molecule has 0 fully saturated rings. The van der Waals surface area contributed by atoms with Crippen molar-refractivity contribution in [2.75, 3.05) is 13.7 Å². The second kappa shape index (κ2) is 16.3. The highest BCUT2D eigenvalue weighted by atomic mass is 28.4. The molecule has 0 bridgehead atoms. The second-order valence-electron chi connectivity index (χ2n) is 12.7. The minimum atomic E-state index is -1.91. The number of allylic oxidation sites excluding steroid dienone is 6. The van der Waals surface area contributed by atoms with E-state index in [9.17, 15) is 4.79 Å². The molecule has 1 aromatic rings. The molecule has 0 amide bonds. The van der Waals surface area contributed by atoms with Gasteiger partial charge in [0.1, 0.15) is 5.75 Å². The van der Waals surface area contributed by atoms with Crippen molar-refractivity contribution in [3.8, 4) is 5.75 Å². The topological polar surface area (TPSA) is 44.8 Å². The quantitative estimate of drug-likeness (QED) is 0.0815. The smallest absolute Gasteiger partial charge is 0.192 e. The van der Waals surface area contributed by atoms with Crippen LogP contribution >= 0.6 is 0 Å². The molecular weight excluding hydrogens is 512 g/mol. The molecule has 4 nitrogen and oxygen atoms in total. The molecule has 0 N–H and O–H groups in total. The number of ether oxygens (including phenoxy) is 2. The van der Waals surface area contributed by atoms with Crippen LogP contribution in [-0.4, -0.2) is 33.9 Å². The zero-order valence-electron chi connectivity index (χ0n) is 26.4. The summed E-state index contributed by atoms with van der Waals surface area (Å²) in [7, 11) is -0.233. The van der Waals surface area contributed by atoms with E-state index in [-0.39, 0.29) is 22.3 Å². The van der Waals surface area contributed by atoms with E-state index in [2.05, 4.69) is 84.2 Å². The average molecular weight is 567 g/mol. The SMILES string of the molecule is CC/C=C\C[C@@H](C/C=C1/C(=O)C=CC1(C)C/C=C\CCCCOCc1ccc(OC)cc1)O[Si](C)(C)C(C)(C)C. The minimum Gasteiger partial charge on any atom is -0.497 e. The molecule has 1 unspecified atom stereocenters.